The highest BCUT2D eigenvalue weighted by atomic mass is 35.5. The molecule has 0 unspecified atom stereocenters. The largest absolute Gasteiger partial charge is 0.324 e. The monoisotopic (exact) mass is 293 g/mol. The first-order valence-corrected chi connectivity index (χ1v) is 7.10. The SMILES string of the molecule is O=C(Cl)N1C2=C(C=CCC2)C=C(Cl)C2=C1CCC=C2. The molecule has 0 saturated heterocycles. The summed E-state index contributed by atoms with van der Waals surface area (Å²) in [5, 5.41) is 0.218. The summed E-state index contributed by atoms with van der Waals surface area (Å²) in [6, 6.07) is 0. The number of hydrogen-bond donors (Lipinski definition) is 0. The molecule has 0 N–H and O–H groups in total. The van der Waals surface area contributed by atoms with Gasteiger partial charge in [0.05, 0.1) is 5.03 Å². The molecule has 19 heavy (non-hydrogen) atoms. The molecule has 1 aliphatic heterocycles. The van der Waals surface area contributed by atoms with E-state index in [1.54, 1.807) is 4.90 Å². The van der Waals surface area contributed by atoms with Gasteiger partial charge in [0, 0.05) is 17.0 Å². The lowest BCUT2D eigenvalue weighted by Gasteiger charge is -2.29. The van der Waals surface area contributed by atoms with E-state index in [1.807, 2.05) is 18.2 Å². The van der Waals surface area contributed by atoms with Crippen LogP contribution in [0.4, 0.5) is 4.79 Å². The molecule has 1 amide bonds. The van der Waals surface area contributed by atoms with Crippen molar-refractivity contribution >= 4 is 28.6 Å². The molecule has 98 valence electrons. The molecule has 2 nitrogen and oxygen atoms in total. The fourth-order valence-electron chi connectivity index (χ4n) is 2.73. The first kappa shape index (κ1) is 12.8. The maximum absolute atomic E-state index is 11.9. The second kappa shape index (κ2) is 5.03. The first-order valence-electron chi connectivity index (χ1n) is 6.35. The molecule has 0 fully saturated rings. The Kier molecular flexibility index (Phi) is 3.38. The molecule has 3 aliphatic rings. The zero-order chi connectivity index (χ0) is 13.4. The van der Waals surface area contributed by atoms with Gasteiger partial charge < -0.3 is 0 Å². The third-order valence-electron chi connectivity index (χ3n) is 3.58. The smallest absolute Gasteiger partial charge is 0.274 e. The van der Waals surface area contributed by atoms with Crippen molar-refractivity contribution in [1.29, 1.82) is 0 Å². The summed E-state index contributed by atoms with van der Waals surface area (Å²) >= 11 is 12.2. The van der Waals surface area contributed by atoms with E-state index in [2.05, 4.69) is 12.2 Å². The Labute approximate surface area is 122 Å². The molecule has 3 rings (SSSR count). The number of halogens is 2. The van der Waals surface area contributed by atoms with Gasteiger partial charge >= 0.3 is 5.37 Å². The number of amides is 1. The summed E-state index contributed by atoms with van der Waals surface area (Å²) in [7, 11) is 0. The highest BCUT2D eigenvalue weighted by molar-refractivity contribution is 6.63. The van der Waals surface area contributed by atoms with Crippen LogP contribution in [0.2, 0.25) is 0 Å². The standard InChI is InChI=1S/C15H13Cl2NO/c16-12-9-10-5-1-3-7-13(10)18(15(17)19)14-8-4-2-6-11(12)14/h1-2,5-6,9H,3-4,7-8H2. The van der Waals surface area contributed by atoms with Crippen molar-refractivity contribution in [1.82, 2.24) is 4.90 Å². The number of nitrogens with zero attached hydrogens (tertiary/aromatic N) is 1. The Morgan fingerprint density at radius 2 is 1.79 bits per heavy atom. The third kappa shape index (κ3) is 2.19. The van der Waals surface area contributed by atoms with Crippen LogP contribution in [0.3, 0.4) is 0 Å². The lowest BCUT2D eigenvalue weighted by molar-refractivity contribution is 0.240. The first-order chi connectivity index (χ1) is 9.18. The van der Waals surface area contributed by atoms with Crippen LogP contribution in [-0.2, 0) is 0 Å². The van der Waals surface area contributed by atoms with E-state index in [1.165, 1.54) is 0 Å². The third-order valence-corrected chi connectivity index (χ3v) is 4.06. The molecule has 4 heteroatoms. The predicted molar refractivity (Wildman–Crippen MR) is 77.8 cm³/mol. The summed E-state index contributed by atoms with van der Waals surface area (Å²) in [5.74, 6) is 0. The topological polar surface area (TPSA) is 20.3 Å². The minimum atomic E-state index is -0.453. The van der Waals surface area contributed by atoms with Crippen LogP contribution in [0.5, 0.6) is 0 Å². The number of rotatable bonds is 0. The minimum Gasteiger partial charge on any atom is -0.274 e. The zero-order valence-corrected chi connectivity index (χ0v) is 11.8. The normalized spacial score (nSPS) is 22.0. The van der Waals surface area contributed by atoms with Crippen molar-refractivity contribution < 1.29 is 4.79 Å². The Morgan fingerprint density at radius 1 is 1.11 bits per heavy atom. The van der Waals surface area contributed by atoms with Crippen LogP contribution in [0, 0.1) is 0 Å². The lowest BCUT2D eigenvalue weighted by Crippen LogP contribution is -2.27. The van der Waals surface area contributed by atoms with Gasteiger partial charge in [0.2, 0.25) is 0 Å². The maximum atomic E-state index is 11.9. The van der Waals surface area contributed by atoms with E-state index in [9.17, 15) is 4.79 Å². The summed E-state index contributed by atoms with van der Waals surface area (Å²) < 4.78 is 0. The van der Waals surface area contributed by atoms with Crippen molar-refractivity contribution in [3.05, 3.63) is 58.0 Å². The Balaban J connectivity index is 2.22. The molecule has 0 saturated carbocycles. The number of hydrogen-bond acceptors (Lipinski definition) is 1. The number of allylic oxidation sites excluding steroid dienone is 10. The van der Waals surface area contributed by atoms with E-state index in [4.69, 9.17) is 23.2 Å². The van der Waals surface area contributed by atoms with E-state index in [-0.39, 0.29) is 0 Å². The van der Waals surface area contributed by atoms with Gasteiger partial charge in [-0.3, -0.25) is 9.69 Å². The van der Waals surface area contributed by atoms with Crippen LogP contribution < -0.4 is 0 Å². The molecule has 2 aliphatic carbocycles. The van der Waals surface area contributed by atoms with Gasteiger partial charge in [-0.15, -0.1) is 0 Å². The molecule has 0 aromatic rings. The van der Waals surface area contributed by atoms with Crippen LogP contribution in [0.15, 0.2) is 58.0 Å². The van der Waals surface area contributed by atoms with Crippen molar-refractivity contribution in [2.45, 2.75) is 25.7 Å². The van der Waals surface area contributed by atoms with Gasteiger partial charge in [-0.1, -0.05) is 35.9 Å². The summed E-state index contributed by atoms with van der Waals surface area (Å²) in [6.07, 6.45) is 13.5. The Morgan fingerprint density at radius 3 is 2.53 bits per heavy atom. The molecule has 0 aromatic carbocycles. The van der Waals surface area contributed by atoms with E-state index >= 15 is 0 Å². The highest BCUT2D eigenvalue weighted by Gasteiger charge is 2.29. The van der Waals surface area contributed by atoms with Crippen molar-refractivity contribution in [3.8, 4) is 0 Å². The van der Waals surface area contributed by atoms with Gasteiger partial charge in [0.15, 0.2) is 0 Å². The second-order valence-corrected chi connectivity index (χ2v) is 5.46. The van der Waals surface area contributed by atoms with Crippen LogP contribution >= 0.6 is 23.2 Å². The van der Waals surface area contributed by atoms with Gasteiger partial charge in [-0.25, -0.2) is 0 Å². The molecule has 0 radical (unpaired) electrons. The maximum Gasteiger partial charge on any atom is 0.324 e. The van der Waals surface area contributed by atoms with Crippen molar-refractivity contribution in [3.63, 3.8) is 0 Å². The highest BCUT2D eigenvalue weighted by Crippen LogP contribution is 2.39. The van der Waals surface area contributed by atoms with Crippen molar-refractivity contribution in [2.24, 2.45) is 0 Å². The number of carbonyl (C=O) groups excluding carboxylic acids is 1. The zero-order valence-electron chi connectivity index (χ0n) is 10.3. The average Bonchev–Trinajstić information content (AvgIpc) is 2.53. The van der Waals surface area contributed by atoms with E-state index in [0.29, 0.717) is 5.03 Å². The molecule has 1 heterocycles. The van der Waals surface area contributed by atoms with Gasteiger partial charge in [0.1, 0.15) is 0 Å². The predicted octanol–water partition coefficient (Wildman–Crippen LogP) is 4.99. The van der Waals surface area contributed by atoms with Gasteiger partial charge in [-0.2, -0.15) is 0 Å². The van der Waals surface area contributed by atoms with Crippen LogP contribution in [0.25, 0.3) is 0 Å². The summed E-state index contributed by atoms with van der Waals surface area (Å²) in [5.41, 5.74) is 3.77. The number of carbonyl (C=O) groups is 1. The Bertz CT molecular complexity index is 593. The second-order valence-electron chi connectivity index (χ2n) is 4.73. The fourth-order valence-corrected chi connectivity index (χ4v) is 3.23. The molecule has 0 bridgehead atoms. The Hall–Kier alpha value is -1.25. The van der Waals surface area contributed by atoms with Gasteiger partial charge in [-0.05, 0) is 48.9 Å². The van der Waals surface area contributed by atoms with Crippen LogP contribution in [-0.4, -0.2) is 10.3 Å². The van der Waals surface area contributed by atoms with Gasteiger partial charge in [0.25, 0.3) is 0 Å². The van der Waals surface area contributed by atoms with Crippen LogP contribution in [0.1, 0.15) is 25.7 Å². The summed E-state index contributed by atoms with van der Waals surface area (Å²) in [6.45, 7) is 0. The van der Waals surface area contributed by atoms with Crippen molar-refractivity contribution in [2.75, 3.05) is 0 Å². The molecule has 0 spiro atoms. The van der Waals surface area contributed by atoms with E-state index in [0.717, 1.165) is 48.2 Å². The minimum absolute atomic E-state index is 0.453. The summed E-state index contributed by atoms with van der Waals surface area (Å²) in [4.78, 5) is 13.5. The average molecular weight is 294 g/mol. The lowest BCUT2D eigenvalue weighted by atomic mass is 10.0. The molecule has 0 aromatic heterocycles. The molecule has 0 atom stereocenters. The molecular formula is C15H13Cl2NO. The molecular weight excluding hydrogens is 281 g/mol. The quantitative estimate of drug-likeness (QED) is 0.455. The van der Waals surface area contributed by atoms with E-state index < -0.39 is 5.37 Å². The fraction of sp³-hybridized carbons (Fsp3) is 0.267.